The van der Waals surface area contributed by atoms with Crippen LogP contribution in [-0.2, 0) is 10.4 Å². The Morgan fingerprint density at radius 3 is 0.320 bits per heavy atom. The van der Waals surface area contributed by atoms with Gasteiger partial charge in [0.2, 0.25) is 0 Å². The maximum absolute atomic E-state index is 8.52. The van der Waals surface area contributed by atoms with E-state index in [4.69, 9.17) is 17.5 Å². The summed E-state index contributed by atoms with van der Waals surface area (Å²) in [5, 5.41) is 0. The van der Waals surface area contributed by atoms with E-state index in [1.165, 1.54) is 0 Å². The molecule has 0 amide bonds. The molecule has 0 aromatic carbocycles. The van der Waals surface area contributed by atoms with Crippen molar-refractivity contribution in [1.29, 1.82) is 0 Å². The van der Waals surface area contributed by atoms with E-state index in [1.54, 1.807) is 0 Å². The van der Waals surface area contributed by atoms with Gasteiger partial charge >= 0.3 is 0 Å². The summed E-state index contributed by atoms with van der Waals surface area (Å²) in [6.07, 6.45) is 0. The van der Waals surface area contributed by atoms with Crippen LogP contribution in [0, 0.1) is 0 Å². The first-order valence-electron chi connectivity index (χ1n) is 0.667. The predicted octanol–water partition coefficient (Wildman–Crippen LogP) is -15.4. The minimum atomic E-state index is -5.17. The van der Waals surface area contributed by atoms with E-state index < -0.39 is 10.4 Å². The van der Waals surface area contributed by atoms with Crippen LogP contribution in [0.4, 0.5) is 0 Å². The van der Waals surface area contributed by atoms with E-state index in [1.807, 2.05) is 0 Å². The smallest absolute Gasteiger partial charge is 0.0311 e. The van der Waals surface area contributed by atoms with Crippen molar-refractivity contribution in [3.8, 4) is 0 Å². The van der Waals surface area contributed by atoms with Crippen molar-refractivity contribution in [2.24, 2.45) is 0 Å². The monoisotopic (exact) mass is 456 g/mol. The molecule has 0 heterocycles. The van der Waals surface area contributed by atoms with Gasteiger partial charge in [0.1, 0.15) is 0 Å². The summed E-state index contributed by atoms with van der Waals surface area (Å²) in [6, 6.07) is 0. The third-order valence-electron chi connectivity index (χ3n) is 0. The van der Waals surface area contributed by atoms with E-state index in [0.717, 1.165) is 0 Å². The van der Waals surface area contributed by atoms with Crippen molar-refractivity contribution < 1.29 is 116 Å². The Hall–Kier alpha value is -0.930. The highest BCUT2D eigenvalue weighted by Gasteiger charge is 1.49. The Balaban J connectivity index is -0.000000000421. The lowest BCUT2D eigenvalue weighted by molar-refractivity contribution is 0.352. The summed E-state index contributed by atoms with van der Waals surface area (Å²) >= 11 is 0. The van der Waals surface area contributed by atoms with Gasteiger partial charge in [-0.1, -0.05) is 0 Å². The minimum Gasteiger partial charge on any atom is -0.759 e. The Labute approximate surface area is 140 Å². The fraction of sp³-hybridized carbons (Fsp3) is 0. The lowest BCUT2D eigenvalue weighted by Gasteiger charge is -2.06. The summed E-state index contributed by atoms with van der Waals surface area (Å²) in [7, 11) is -5.17. The first-order valence-corrected chi connectivity index (χ1v) is 2.00. The molecule has 0 radical (unpaired) electrons. The highest BCUT2D eigenvalue weighted by molar-refractivity contribution is 7.79. The standard InChI is InChI=1S/2H3N.H2O4S.18H2O/c;;1-5(2,3)4;;;;;;;;;;;;;;;;;;/h2*1H3;(H2,1,2,3,4);18*1H2. The van der Waals surface area contributed by atoms with Gasteiger partial charge in [-0.05, 0) is 0 Å². The van der Waals surface area contributed by atoms with Gasteiger partial charge in [-0.15, -0.1) is 0 Å². The van der Waals surface area contributed by atoms with Gasteiger partial charge < -0.3 is 120 Å². The van der Waals surface area contributed by atoms with E-state index in [-0.39, 0.29) is 111 Å². The Morgan fingerprint density at radius 2 is 0.320 bits per heavy atom. The average molecular weight is 456 g/mol. The van der Waals surface area contributed by atoms with Crippen molar-refractivity contribution in [2.45, 2.75) is 0 Å². The van der Waals surface area contributed by atoms with Crippen LogP contribution in [0.1, 0.15) is 0 Å². The summed E-state index contributed by atoms with van der Waals surface area (Å²) in [5.74, 6) is 0. The zero-order chi connectivity index (χ0) is 4.50. The highest BCUT2D eigenvalue weighted by Crippen LogP contribution is 1.57. The summed E-state index contributed by atoms with van der Waals surface area (Å²) < 4.78 is 34.1. The Bertz CT molecular complexity index is 99.2. The average Bonchev–Trinajstić information content (AvgIpc) is 0.722. The van der Waals surface area contributed by atoms with Gasteiger partial charge in [-0.3, -0.25) is 8.42 Å². The highest BCUT2D eigenvalue weighted by atomic mass is 32.3. The molecule has 0 rings (SSSR count). The molecule has 25 heteroatoms. The van der Waals surface area contributed by atoms with Crippen LogP contribution in [-0.4, -0.2) is 116 Å². The maximum Gasteiger partial charge on any atom is 0.0311 e. The molecule has 0 aromatic heterocycles. The van der Waals surface area contributed by atoms with Crippen LogP contribution in [0.15, 0.2) is 0 Å². The van der Waals surface area contributed by atoms with Crippen molar-refractivity contribution in [1.82, 2.24) is 12.3 Å². The van der Waals surface area contributed by atoms with Crippen LogP contribution in [0.3, 0.4) is 0 Å². The second-order valence-corrected chi connectivity index (χ2v) is 1.22. The molecule has 0 bridgehead atoms. The molecule has 0 aliphatic rings. The Morgan fingerprint density at radius 1 is 0.320 bits per heavy atom. The third kappa shape index (κ3) is 11800. The van der Waals surface area contributed by atoms with Crippen molar-refractivity contribution >= 4 is 10.4 Å². The second kappa shape index (κ2) is 437. The summed E-state index contributed by atoms with van der Waals surface area (Å²) in [5.41, 5.74) is 0. The topological polar surface area (TPSA) is 720 Å². The normalized spacial score (nSPS) is 2.32. The zero-order valence-corrected chi connectivity index (χ0v) is 13.9. The van der Waals surface area contributed by atoms with E-state index in [0.29, 0.717) is 0 Å². The first kappa shape index (κ1) is 1360. The fourth-order valence-electron chi connectivity index (χ4n) is 0. The molecule has 192 valence electrons. The minimum absolute atomic E-state index is 0. The van der Waals surface area contributed by atoms with Gasteiger partial charge in [-0.2, -0.15) is 0 Å². The number of quaternary nitrogens is 2. The molecule has 0 aromatic rings. The first-order chi connectivity index (χ1) is 2.00. The molecule has 24 nitrogen and oxygen atoms in total. The van der Waals surface area contributed by atoms with Crippen LogP contribution >= 0.6 is 0 Å². The molecule has 0 spiro atoms. The van der Waals surface area contributed by atoms with Gasteiger partial charge in [0, 0.05) is 10.4 Å². The lowest BCUT2D eigenvalue weighted by Crippen LogP contribution is -1.91. The number of hydrogen-bond acceptors (Lipinski definition) is 4. The molecule has 0 fully saturated rings. The maximum atomic E-state index is 8.52. The largest absolute Gasteiger partial charge is 0.759 e. The van der Waals surface area contributed by atoms with Gasteiger partial charge in [0.05, 0.1) is 0 Å². The van der Waals surface area contributed by atoms with Crippen molar-refractivity contribution in [3.63, 3.8) is 0 Å². The predicted molar refractivity (Wildman–Crippen MR) is 87.5 cm³/mol. The molecule has 0 aliphatic carbocycles. The summed E-state index contributed by atoms with van der Waals surface area (Å²) in [6.45, 7) is 0. The fourth-order valence-corrected chi connectivity index (χ4v) is 0. The molecule has 0 aliphatic heterocycles. The van der Waals surface area contributed by atoms with E-state index in [9.17, 15) is 0 Å². The lowest BCUT2D eigenvalue weighted by atomic mass is 14.0. The zero-order valence-electron chi connectivity index (χ0n) is 13.0. The van der Waals surface area contributed by atoms with Crippen LogP contribution in [0.2, 0.25) is 0 Å². The quantitative estimate of drug-likeness (QED) is 0.264. The molecule has 44 N–H and O–H groups in total. The van der Waals surface area contributed by atoms with Gasteiger partial charge in [0.15, 0.2) is 0 Å². The van der Waals surface area contributed by atoms with E-state index in [2.05, 4.69) is 0 Å². The molecule has 0 unspecified atom stereocenters. The van der Waals surface area contributed by atoms with Crippen LogP contribution < -0.4 is 12.3 Å². The second-order valence-electron chi connectivity index (χ2n) is 0.408. The summed E-state index contributed by atoms with van der Waals surface area (Å²) in [4.78, 5) is 0. The molecule has 0 saturated heterocycles. The third-order valence-corrected chi connectivity index (χ3v) is 0. The van der Waals surface area contributed by atoms with Crippen molar-refractivity contribution in [3.05, 3.63) is 0 Å². The SMILES string of the molecule is O.O.O.O.O.O.O.O.O.O.O.O.O.O.O.O.O.O.O=S(=O)([O-])[O-].[NH4+].[NH4+]. The molecule has 25 heavy (non-hydrogen) atoms. The number of hydrogen-bond donors (Lipinski definition) is 2. The van der Waals surface area contributed by atoms with Crippen LogP contribution in [0.5, 0.6) is 0 Å². The molecule has 0 atom stereocenters. The van der Waals surface area contributed by atoms with Gasteiger partial charge in [-0.25, -0.2) is 0 Å². The molecule has 0 saturated carbocycles. The van der Waals surface area contributed by atoms with Crippen molar-refractivity contribution in [2.75, 3.05) is 0 Å². The van der Waals surface area contributed by atoms with E-state index >= 15 is 0 Å². The van der Waals surface area contributed by atoms with Crippen LogP contribution in [0.25, 0.3) is 0 Å². The molecular weight excluding hydrogens is 412 g/mol. The molecular formula is H44N2O22S. The number of rotatable bonds is 0. The van der Waals surface area contributed by atoms with Gasteiger partial charge in [0.25, 0.3) is 0 Å². The Kier molecular flexibility index (Phi) is 23800.